The van der Waals surface area contributed by atoms with Crippen LogP contribution >= 0.6 is 22.9 Å². The third-order valence-corrected chi connectivity index (χ3v) is 7.33. The molecular formula is C11H17ClO2S2. The number of alkyl halides is 1. The van der Waals surface area contributed by atoms with Crippen LogP contribution in [0.1, 0.15) is 35.9 Å². The lowest BCUT2D eigenvalue weighted by molar-refractivity contribution is 0.545. The van der Waals surface area contributed by atoms with Gasteiger partial charge in [-0.05, 0) is 32.4 Å². The van der Waals surface area contributed by atoms with E-state index in [2.05, 4.69) is 6.92 Å². The summed E-state index contributed by atoms with van der Waals surface area (Å²) in [5, 5.41) is -0.493. The molecule has 0 N–H and O–H groups in total. The number of sulfone groups is 1. The van der Waals surface area contributed by atoms with Crippen molar-refractivity contribution in [2.75, 3.05) is 6.26 Å². The van der Waals surface area contributed by atoms with Crippen molar-refractivity contribution < 1.29 is 8.42 Å². The van der Waals surface area contributed by atoms with Gasteiger partial charge >= 0.3 is 0 Å². The van der Waals surface area contributed by atoms with E-state index in [-0.39, 0.29) is 0 Å². The van der Waals surface area contributed by atoms with Crippen molar-refractivity contribution in [3.05, 3.63) is 21.9 Å². The average molecular weight is 281 g/mol. The Kier molecular flexibility index (Phi) is 4.08. The molecule has 1 rings (SSSR count). The van der Waals surface area contributed by atoms with Crippen LogP contribution in [0.25, 0.3) is 0 Å². The van der Waals surface area contributed by atoms with Crippen LogP contribution in [0.15, 0.2) is 12.1 Å². The van der Waals surface area contributed by atoms with E-state index in [1.807, 2.05) is 12.1 Å². The minimum Gasteiger partial charge on any atom is -0.229 e. The Morgan fingerprint density at radius 1 is 1.44 bits per heavy atom. The van der Waals surface area contributed by atoms with E-state index >= 15 is 0 Å². The normalized spacial score (nSPS) is 15.1. The second-order valence-electron chi connectivity index (χ2n) is 4.40. The standard InChI is InChI=1S/C11H17ClO2S2/c1-5-8-6-7-9(15-8)10(12)11(2,3)16(4,13)14/h6-7,10H,5H2,1-4H3. The molecule has 16 heavy (non-hydrogen) atoms. The van der Waals surface area contributed by atoms with Crippen molar-refractivity contribution in [3.63, 3.8) is 0 Å². The molecule has 0 amide bonds. The Balaban J connectivity index is 3.06. The van der Waals surface area contributed by atoms with Crippen LogP contribution < -0.4 is 0 Å². The molecule has 1 heterocycles. The fraction of sp³-hybridized carbons (Fsp3) is 0.636. The van der Waals surface area contributed by atoms with Gasteiger partial charge in [0.2, 0.25) is 0 Å². The van der Waals surface area contributed by atoms with Gasteiger partial charge in [-0.3, -0.25) is 0 Å². The van der Waals surface area contributed by atoms with Crippen LogP contribution in [0, 0.1) is 0 Å². The van der Waals surface area contributed by atoms with Gasteiger partial charge < -0.3 is 0 Å². The molecule has 1 atom stereocenters. The number of aryl methyl sites for hydroxylation is 1. The summed E-state index contributed by atoms with van der Waals surface area (Å²) in [4.78, 5) is 2.15. The Hall–Kier alpha value is -0.0600. The van der Waals surface area contributed by atoms with Crippen molar-refractivity contribution in [3.8, 4) is 0 Å². The summed E-state index contributed by atoms with van der Waals surface area (Å²) in [6.07, 6.45) is 2.18. The van der Waals surface area contributed by atoms with Crippen molar-refractivity contribution in [2.45, 2.75) is 37.3 Å². The van der Waals surface area contributed by atoms with Gasteiger partial charge in [0.25, 0.3) is 0 Å². The third-order valence-electron chi connectivity index (χ3n) is 2.85. The van der Waals surface area contributed by atoms with Crippen LogP contribution in [0.2, 0.25) is 0 Å². The van der Waals surface area contributed by atoms with Crippen LogP contribution in [-0.2, 0) is 16.3 Å². The fourth-order valence-corrected chi connectivity index (χ4v) is 3.64. The molecule has 0 aliphatic heterocycles. The van der Waals surface area contributed by atoms with Crippen molar-refractivity contribution in [1.82, 2.24) is 0 Å². The molecule has 5 heteroatoms. The zero-order valence-corrected chi connectivity index (χ0v) is 12.3. The molecule has 0 spiro atoms. The predicted molar refractivity (Wildman–Crippen MR) is 71.2 cm³/mol. The smallest absolute Gasteiger partial charge is 0.154 e. The summed E-state index contributed by atoms with van der Waals surface area (Å²) in [6, 6.07) is 3.93. The first-order valence-corrected chi connectivity index (χ1v) is 8.27. The van der Waals surface area contributed by atoms with E-state index in [1.54, 1.807) is 25.2 Å². The SMILES string of the molecule is CCc1ccc(C(Cl)C(C)(C)S(C)(=O)=O)s1. The molecule has 0 aromatic carbocycles. The average Bonchev–Trinajstić information content (AvgIpc) is 2.62. The lowest BCUT2D eigenvalue weighted by atomic mass is 10.1. The van der Waals surface area contributed by atoms with Crippen LogP contribution in [0.4, 0.5) is 0 Å². The number of rotatable bonds is 4. The topological polar surface area (TPSA) is 34.1 Å². The molecule has 0 fully saturated rings. The number of thiophene rings is 1. The predicted octanol–water partition coefficient (Wildman–Crippen LogP) is 3.41. The summed E-state index contributed by atoms with van der Waals surface area (Å²) in [5.74, 6) is 0. The van der Waals surface area contributed by atoms with E-state index < -0.39 is 20.0 Å². The monoisotopic (exact) mass is 280 g/mol. The maximum atomic E-state index is 11.7. The number of halogens is 1. The summed E-state index contributed by atoms with van der Waals surface area (Å²) in [5.41, 5.74) is 0. The molecule has 1 aromatic rings. The molecule has 1 unspecified atom stereocenters. The minimum atomic E-state index is -3.17. The first-order chi connectivity index (χ1) is 7.20. The molecule has 0 saturated carbocycles. The summed E-state index contributed by atoms with van der Waals surface area (Å²) >= 11 is 7.87. The van der Waals surface area contributed by atoms with Crippen molar-refractivity contribution in [2.24, 2.45) is 0 Å². The second-order valence-corrected chi connectivity index (χ2v) is 8.63. The van der Waals surface area contributed by atoms with Gasteiger partial charge in [0.1, 0.15) is 0 Å². The molecular weight excluding hydrogens is 264 g/mol. The lowest BCUT2D eigenvalue weighted by Gasteiger charge is -2.27. The quantitative estimate of drug-likeness (QED) is 0.792. The molecule has 92 valence electrons. The fourth-order valence-electron chi connectivity index (χ4n) is 1.25. The van der Waals surface area contributed by atoms with Gasteiger partial charge in [-0.1, -0.05) is 6.92 Å². The highest BCUT2D eigenvalue weighted by Crippen LogP contribution is 2.40. The minimum absolute atomic E-state index is 0.493. The van der Waals surface area contributed by atoms with Crippen LogP contribution in [0.5, 0.6) is 0 Å². The van der Waals surface area contributed by atoms with Gasteiger partial charge in [-0.15, -0.1) is 22.9 Å². The molecule has 2 nitrogen and oxygen atoms in total. The molecule has 0 saturated heterocycles. The lowest BCUT2D eigenvalue weighted by Crippen LogP contribution is -2.35. The number of hydrogen-bond donors (Lipinski definition) is 0. The molecule has 0 aliphatic carbocycles. The zero-order valence-electron chi connectivity index (χ0n) is 9.95. The zero-order chi connectivity index (χ0) is 12.6. The Bertz CT molecular complexity index is 460. The van der Waals surface area contributed by atoms with Gasteiger partial charge in [-0.2, -0.15) is 0 Å². The summed E-state index contributed by atoms with van der Waals surface area (Å²) < 4.78 is 22.4. The maximum Gasteiger partial charge on any atom is 0.154 e. The first-order valence-electron chi connectivity index (χ1n) is 5.12. The summed E-state index contributed by atoms with van der Waals surface area (Å²) in [6.45, 7) is 5.41. The van der Waals surface area contributed by atoms with Crippen molar-refractivity contribution in [1.29, 1.82) is 0 Å². The highest BCUT2D eigenvalue weighted by atomic mass is 35.5. The molecule has 0 bridgehead atoms. The van der Waals surface area contributed by atoms with Gasteiger partial charge in [0.05, 0.1) is 10.1 Å². The third kappa shape index (κ3) is 2.60. The van der Waals surface area contributed by atoms with Gasteiger partial charge in [0, 0.05) is 16.0 Å². The molecule has 0 aliphatic rings. The highest BCUT2D eigenvalue weighted by Gasteiger charge is 2.39. The van der Waals surface area contributed by atoms with E-state index in [4.69, 9.17) is 11.6 Å². The summed E-state index contributed by atoms with van der Waals surface area (Å²) in [7, 11) is -3.17. The van der Waals surface area contributed by atoms with Crippen LogP contribution in [0.3, 0.4) is 0 Å². The Labute approximate surface area is 107 Å². The van der Waals surface area contributed by atoms with E-state index in [0.717, 1.165) is 11.3 Å². The van der Waals surface area contributed by atoms with E-state index in [9.17, 15) is 8.42 Å². The van der Waals surface area contributed by atoms with Crippen LogP contribution in [-0.4, -0.2) is 19.4 Å². The Morgan fingerprint density at radius 3 is 2.38 bits per heavy atom. The Morgan fingerprint density at radius 2 is 2.00 bits per heavy atom. The van der Waals surface area contributed by atoms with E-state index in [0.29, 0.717) is 0 Å². The highest BCUT2D eigenvalue weighted by molar-refractivity contribution is 7.92. The van der Waals surface area contributed by atoms with Gasteiger partial charge in [0.15, 0.2) is 9.84 Å². The van der Waals surface area contributed by atoms with E-state index in [1.165, 1.54) is 11.1 Å². The second kappa shape index (κ2) is 4.67. The number of hydrogen-bond acceptors (Lipinski definition) is 3. The largest absolute Gasteiger partial charge is 0.229 e. The maximum absolute atomic E-state index is 11.7. The molecule has 0 radical (unpaired) electrons. The van der Waals surface area contributed by atoms with Crippen molar-refractivity contribution >= 4 is 32.8 Å². The van der Waals surface area contributed by atoms with Gasteiger partial charge in [-0.25, -0.2) is 8.42 Å². The first kappa shape index (κ1) is 14.0. The molecule has 1 aromatic heterocycles.